The second-order valence-corrected chi connectivity index (χ2v) is 3.47. The average Bonchev–Trinajstić information content (AvgIpc) is 2.35. The van der Waals surface area contributed by atoms with Gasteiger partial charge in [-0.25, -0.2) is 4.79 Å². The topological polar surface area (TPSA) is 79.3 Å². The molecule has 0 saturated heterocycles. The lowest BCUT2D eigenvalue weighted by molar-refractivity contribution is -0.139. The first kappa shape index (κ1) is 12.9. The van der Waals surface area contributed by atoms with E-state index in [1.54, 1.807) is 24.4 Å². The van der Waals surface area contributed by atoms with E-state index in [2.05, 4.69) is 16.9 Å². The molecule has 1 atom stereocenters. The second-order valence-electron chi connectivity index (χ2n) is 3.47. The summed E-state index contributed by atoms with van der Waals surface area (Å²) in [5.74, 6) is -1.49. The molecule has 2 N–H and O–H groups in total. The summed E-state index contributed by atoms with van der Waals surface area (Å²) in [5, 5.41) is 11.4. The molecule has 0 aliphatic carbocycles. The highest BCUT2D eigenvalue weighted by molar-refractivity contribution is 5.96. The fourth-order valence-corrected chi connectivity index (χ4v) is 1.28. The van der Waals surface area contributed by atoms with Gasteiger partial charge >= 0.3 is 5.97 Å². The van der Waals surface area contributed by atoms with Gasteiger partial charge in [0.05, 0.1) is 5.56 Å². The van der Waals surface area contributed by atoms with Crippen LogP contribution in [-0.4, -0.2) is 28.0 Å². The van der Waals surface area contributed by atoms with Gasteiger partial charge in [-0.2, -0.15) is 0 Å². The Morgan fingerprint density at radius 2 is 2.35 bits per heavy atom. The van der Waals surface area contributed by atoms with Crippen molar-refractivity contribution in [1.29, 1.82) is 0 Å². The van der Waals surface area contributed by atoms with Gasteiger partial charge in [-0.05, 0) is 25.0 Å². The van der Waals surface area contributed by atoms with Gasteiger partial charge in [0.2, 0.25) is 0 Å². The highest BCUT2D eigenvalue weighted by Crippen LogP contribution is 2.02. The molecule has 1 heterocycles. The number of aliphatic carboxylic acids is 1. The van der Waals surface area contributed by atoms with Crippen molar-refractivity contribution in [2.45, 2.75) is 18.9 Å². The number of carbonyl (C=O) groups excluding carboxylic acids is 1. The fourth-order valence-electron chi connectivity index (χ4n) is 1.28. The molecule has 1 aromatic rings. The van der Waals surface area contributed by atoms with E-state index in [1.165, 1.54) is 6.20 Å². The number of rotatable bonds is 6. The summed E-state index contributed by atoms with van der Waals surface area (Å²) in [6, 6.07) is 2.30. The molecule has 0 radical (unpaired) electrons. The Morgan fingerprint density at radius 3 is 2.88 bits per heavy atom. The molecule has 1 rings (SSSR count). The van der Waals surface area contributed by atoms with Crippen LogP contribution in [0, 0.1) is 0 Å². The summed E-state index contributed by atoms with van der Waals surface area (Å²) in [6.07, 6.45) is 5.41. The van der Waals surface area contributed by atoms with E-state index in [4.69, 9.17) is 5.11 Å². The van der Waals surface area contributed by atoms with E-state index in [0.717, 1.165) is 0 Å². The number of pyridine rings is 1. The Labute approximate surface area is 99.2 Å². The number of allylic oxidation sites excluding steroid dienone is 1. The standard InChI is InChI=1S/C12H14N2O3/c1-2-3-6-10(12(16)17)14-11(15)9-5-4-7-13-8-9/h2,4-5,7-8,10H,1,3,6H2,(H,14,15)(H,16,17)/t10-/m1/s1. The summed E-state index contributed by atoms with van der Waals surface area (Å²) >= 11 is 0. The minimum Gasteiger partial charge on any atom is -0.480 e. The van der Waals surface area contributed by atoms with Crippen LogP contribution in [0.15, 0.2) is 37.2 Å². The Bertz CT molecular complexity index is 403. The maximum atomic E-state index is 11.7. The molecule has 0 unspecified atom stereocenters. The Hall–Kier alpha value is -2.17. The Morgan fingerprint density at radius 1 is 1.59 bits per heavy atom. The quantitative estimate of drug-likeness (QED) is 0.725. The van der Waals surface area contributed by atoms with Gasteiger partial charge in [0, 0.05) is 12.4 Å². The first-order valence-electron chi connectivity index (χ1n) is 5.19. The summed E-state index contributed by atoms with van der Waals surface area (Å²) in [6.45, 7) is 3.51. The van der Waals surface area contributed by atoms with Crippen LogP contribution in [0.1, 0.15) is 23.2 Å². The number of amides is 1. The Balaban J connectivity index is 2.64. The van der Waals surface area contributed by atoms with Crippen LogP contribution in [0.2, 0.25) is 0 Å². The highest BCUT2D eigenvalue weighted by Gasteiger charge is 2.19. The minimum absolute atomic E-state index is 0.324. The van der Waals surface area contributed by atoms with Gasteiger partial charge in [-0.3, -0.25) is 9.78 Å². The predicted octanol–water partition coefficient (Wildman–Crippen LogP) is 1.23. The first-order valence-corrected chi connectivity index (χ1v) is 5.19. The van der Waals surface area contributed by atoms with Crippen molar-refractivity contribution in [2.24, 2.45) is 0 Å². The third-order valence-electron chi connectivity index (χ3n) is 2.19. The van der Waals surface area contributed by atoms with Crippen LogP contribution in [-0.2, 0) is 4.79 Å². The third kappa shape index (κ3) is 4.06. The molecule has 90 valence electrons. The van der Waals surface area contributed by atoms with Crippen LogP contribution < -0.4 is 5.32 Å². The largest absolute Gasteiger partial charge is 0.480 e. The molecule has 0 spiro atoms. The van der Waals surface area contributed by atoms with Crippen molar-refractivity contribution in [2.75, 3.05) is 0 Å². The molecule has 0 aliphatic heterocycles. The monoisotopic (exact) mass is 234 g/mol. The average molecular weight is 234 g/mol. The maximum absolute atomic E-state index is 11.7. The molecule has 0 aromatic carbocycles. The van der Waals surface area contributed by atoms with Crippen LogP contribution in [0.3, 0.4) is 0 Å². The molecule has 5 heteroatoms. The van der Waals surface area contributed by atoms with E-state index < -0.39 is 17.9 Å². The lowest BCUT2D eigenvalue weighted by Gasteiger charge is -2.13. The lowest BCUT2D eigenvalue weighted by Crippen LogP contribution is -2.40. The molecular weight excluding hydrogens is 220 g/mol. The van der Waals surface area contributed by atoms with Gasteiger partial charge in [0.1, 0.15) is 6.04 Å². The zero-order valence-corrected chi connectivity index (χ0v) is 9.30. The number of carboxylic acid groups (broad SMARTS) is 1. The lowest BCUT2D eigenvalue weighted by atomic mass is 10.1. The molecular formula is C12H14N2O3. The number of hydrogen-bond acceptors (Lipinski definition) is 3. The number of carboxylic acids is 1. The summed E-state index contributed by atoms with van der Waals surface area (Å²) in [7, 11) is 0. The van der Waals surface area contributed by atoms with Gasteiger partial charge in [-0.1, -0.05) is 6.08 Å². The molecule has 17 heavy (non-hydrogen) atoms. The SMILES string of the molecule is C=CCC[C@@H](NC(=O)c1cccnc1)C(=O)O. The summed E-state index contributed by atoms with van der Waals surface area (Å²) in [4.78, 5) is 26.4. The van der Waals surface area contributed by atoms with Gasteiger partial charge < -0.3 is 10.4 Å². The van der Waals surface area contributed by atoms with Crippen molar-refractivity contribution < 1.29 is 14.7 Å². The molecule has 1 amide bonds. The van der Waals surface area contributed by atoms with Crippen molar-refractivity contribution in [3.8, 4) is 0 Å². The van der Waals surface area contributed by atoms with E-state index in [1.807, 2.05) is 0 Å². The van der Waals surface area contributed by atoms with Crippen LogP contribution in [0.5, 0.6) is 0 Å². The molecule has 5 nitrogen and oxygen atoms in total. The van der Waals surface area contributed by atoms with E-state index in [9.17, 15) is 9.59 Å². The molecule has 0 bridgehead atoms. The fraction of sp³-hybridized carbons (Fsp3) is 0.250. The van der Waals surface area contributed by atoms with Crippen molar-refractivity contribution in [3.05, 3.63) is 42.7 Å². The van der Waals surface area contributed by atoms with Gasteiger partial charge in [-0.15, -0.1) is 6.58 Å². The molecule has 0 aliphatic rings. The zero-order chi connectivity index (χ0) is 12.7. The van der Waals surface area contributed by atoms with E-state index in [0.29, 0.717) is 18.4 Å². The molecule has 1 aromatic heterocycles. The van der Waals surface area contributed by atoms with Gasteiger partial charge in [0.15, 0.2) is 0 Å². The van der Waals surface area contributed by atoms with Gasteiger partial charge in [0.25, 0.3) is 5.91 Å². The normalized spacial score (nSPS) is 11.5. The Kier molecular flexibility index (Phi) is 4.87. The van der Waals surface area contributed by atoms with Crippen LogP contribution >= 0.6 is 0 Å². The summed E-state index contributed by atoms with van der Waals surface area (Å²) in [5.41, 5.74) is 0.345. The number of nitrogens with one attached hydrogen (secondary N) is 1. The molecule has 0 fully saturated rings. The smallest absolute Gasteiger partial charge is 0.326 e. The minimum atomic E-state index is -1.05. The number of carbonyl (C=O) groups is 2. The number of hydrogen-bond donors (Lipinski definition) is 2. The van der Waals surface area contributed by atoms with Crippen molar-refractivity contribution in [1.82, 2.24) is 10.3 Å². The zero-order valence-electron chi connectivity index (χ0n) is 9.30. The maximum Gasteiger partial charge on any atom is 0.326 e. The van der Waals surface area contributed by atoms with E-state index in [-0.39, 0.29) is 0 Å². The first-order chi connectivity index (χ1) is 8.15. The predicted molar refractivity (Wildman–Crippen MR) is 62.6 cm³/mol. The van der Waals surface area contributed by atoms with Crippen molar-refractivity contribution >= 4 is 11.9 Å². The second kappa shape index (κ2) is 6.42. The van der Waals surface area contributed by atoms with Crippen LogP contribution in [0.4, 0.5) is 0 Å². The summed E-state index contributed by atoms with van der Waals surface area (Å²) < 4.78 is 0. The highest BCUT2D eigenvalue weighted by atomic mass is 16.4. The number of nitrogens with zero attached hydrogens (tertiary/aromatic N) is 1. The molecule has 0 saturated carbocycles. The van der Waals surface area contributed by atoms with Crippen LogP contribution in [0.25, 0.3) is 0 Å². The van der Waals surface area contributed by atoms with E-state index >= 15 is 0 Å². The third-order valence-corrected chi connectivity index (χ3v) is 2.19. The number of aromatic nitrogens is 1. The van der Waals surface area contributed by atoms with Crippen molar-refractivity contribution in [3.63, 3.8) is 0 Å².